The van der Waals surface area contributed by atoms with Gasteiger partial charge in [-0.25, -0.2) is 0 Å². The molecule has 4 heteroatoms. The Labute approximate surface area is 136 Å². The van der Waals surface area contributed by atoms with Crippen LogP contribution in [0.1, 0.15) is 29.8 Å². The second-order valence-electron chi connectivity index (χ2n) is 4.80. The van der Waals surface area contributed by atoms with Gasteiger partial charge in [0.25, 0.3) is 0 Å². The third-order valence-corrected chi connectivity index (χ3v) is 3.15. The van der Waals surface area contributed by atoms with E-state index in [1.165, 1.54) is 6.08 Å². The number of benzene rings is 2. The standard InChI is InChI=1S/C19H20O4/c1-3-22-17-12-14(13-18(19(17)21)23-4-2)10-11-16(20)15-8-6-5-7-9-15/h5-13,21H,3-4H2,1-2H3. The Hall–Kier alpha value is -2.75. The van der Waals surface area contributed by atoms with Crippen molar-refractivity contribution in [3.8, 4) is 17.2 Å². The zero-order valence-electron chi connectivity index (χ0n) is 13.3. The van der Waals surface area contributed by atoms with Gasteiger partial charge < -0.3 is 14.6 Å². The van der Waals surface area contributed by atoms with Crippen molar-refractivity contribution in [2.45, 2.75) is 13.8 Å². The van der Waals surface area contributed by atoms with Crippen molar-refractivity contribution in [2.75, 3.05) is 13.2 Å². The van der Waals surface area contributed by atoms with E-state index in [2.05, 4.69) is 0 Å². The molecule has 0 spiro atoms. The minimum atomic E-state index is -0.0883. The molecule has 0 aliphatic rings. The number of ketones is 1. The highest BCUT2D eigenvalue weighted by Crippen LogP contribution is 2.38. The molecule has 2 aromatic rings. The number of hydrogen-bond acceptors (Lipinski definition) is 4. The van der Waals surface area contributed by atoms with Crippen LogP contribution < -0.4 is 9.47 Å². The molecule has 0 unspecified atom stereocenters. The second kappa shape index (κ2) is 8.03. The van der Waals surface area contributed by atoms with E-state index in [0.29, 0.717) is 30.3 Å². The average Bonchev–Trinajstić information content (AvgIpc) is 2.57. The first-order chi connectivity index (χ1) is 11.2. The first kappa shape index (κ1) is 16.6. The van der Waals surface area contributed by atoms with Gasteiger partial charge in [0.1, 0.15) is 0 Å². The molecule has 0 aromatic heterocycles. The summed E-state index contributed by atoms with van der Waals surface area (Å²) in [6.45, 7) is 4.52. The molecule has 1 N–H and O–H groups in total. The van der Waals surface area contributed by atoms with Gasteiger partial charge in [0.05, 0.1) is 13.2 Å². The number of rotatable bonds is 7. The van der Waals surface area contributed by atoms with Gasteiger partial charge in [-0.15, -0.1) is 0 Å². The van der Waals surface area contributed by atoms with Crippen LogP contribution in [-0.4, -0.2) is 24.1 Å². The van der Waals surface area contributed by atoms with E-state index in [0.717, 1.165) is 5.56 Å². The Morgan fingerprint density at radius 2 is 1.61 bits per heavy atom. The highest BCUT2D eigenvalue weighted by Gasteiger charge is 2.11. The van der Waals surface area contributed by atoms with Crippen molar-refractivity contribution < 1.29 is 19.4 Å². The second-order valence-corrected chi connectivity index (χ2v) is 4.80. The lowest BCUT2D eigenvalue weighted by Crippen LogP contribution is -1.97. The van der Waals surface area contributed by atoms with E-state index >= 15 is 0 Å². The lowest BCUT2D eigenvalue weighted by atomic mass is 10.1. The van der Waals surface area contributed by atoms with Crippen molar-refractivity contribution in [1.29, 1.82) is 0 Å². The molecule has 0 atom stereocenters. The van der Waals surface area contributed by atoms with E-state index in [1.54, 1.807) is 30.3 Å². The first-order valence-electron chi connectivity index (χ1n) is 7.55. The van der Waals surface area contributed by atoms with Crippen molar-refractivity contribution >= 4 is 11.9 Å². The summed E-state index contributed by atoms with van der Waals surface area (Å²) < 4.78 is 10.8. The molecule has 0 bridgehead atoms. The number of carbonyl (C=O) groups is 1. The third-order valence-electron chi connectivity index (χ3n) is 3.15. The van der Waals surface area contributed by atoms with Gasteiger partial charge in [-0.1, -0.05) is 36.4 Å². The number of hydrogen-bond donors (Lipinski definition) is 1. The van der Waals surface area contributed by atoms with Crippen LogP contribution in [0.15, 0.2) is 48.5 Å². The van der Waals surface area contributed by atoms with Crippen LogP contribution in [0.5, 0.6) is 17.2 Å². The third kappa shape index (κ3) is 4.36. The summed E-state index contributed by atoms with van der Waals surface area (Å²) in [6, 6.07) is 12.4. The van der Waals surface area contributed by atoms with E-state index < -0.39 is 0 Å². The summed E-state index contributed by atoms with van der Waals surface area (Å²) >= 11 is 0. The van der Waals surface area contributed by atoms with Crippen LogP contribution >= 0.6 is 0 Å². The van der Waals surface area contributed by atoms with Gasteiger partial charge in [-0.2, -0.15) is 0 Å². The topological polar surface area (TPSA) is 55.8 Å². The number of phenols is 1. The zero-order valence-corrected chi connectivity index (χ0v) is 13.3. The lowest BCUT2D eigenvalue weighted by molar-refractivity contribution is 0.104. The Kier molecular flexibility index (Phi) is 5.80. The number of allylic oxidation sites excluding steroid dienone is 1. The van der Waals surface area contributed by atoms with Crippen LogP contribution in [-0.2, 0) is 0 Å². The van der Waals surface area contributed by atoms with Crippen LogP contribution in [0.4, 0.5) is 0 Å². The summed E-state index contributed by atoms with van der Waals surface area (Å²) in [7, 11) is 0. The molecule has 2 rings (SSSR count). The maximum Gasteiger partial charge on any atom is 0.200 e. The molecular formula is C19H20O4. The lowest BCUT2D eigenvalue weighted by Gasteiger charge is -2.12. The summed E-state index contributed by atoms with van der Waals surface area (Å²) in [5, 5.41) is 10.1. The zero-order chi connectivity index (χ0) is 16.7. The monoisotopic (exact) mass is 312 g/mol. The normalized spacial score (nSPS) is 10.7. The first-order valence-corrected chi connectivity index (χ1v) is 7.55. The Morgan fingerprint density at radius 1 is 1.04 bits per heavy atom. The minimum absolute atomic E-state index is 0.0276. The predicted molar refractivity (Wildman–Crippen MR) is 90.3 cm³/mol. The van der Waals surface area contributed by atoms with E-state index in [-0.39, 0.29) is 11.5 Å². The smallest absolute Gasteiger partial charge is 0.200 e. The molecule has 0 saturated carbocycles. The number of aromatic hydroxyl groups is 1. The minimum Gasteiger partial charge on any atom is -0.502 e. The number of phenolic OH excluding ortho intramolecular Hbond substituents is 1. The van der Waals surface area contributed by atoms with Crippen LogP contribution in [0.25, 0.3) is 6.08 Å². The van der Waals surface area contributed by atoms with Crippen molar-refractivity contribution in [2.24, 2.45) is 0 Å². The van der Waals surface area contributed by atoms with Gasteiger partial charge in [0.2, 0.25) is 5.75 Å². The van der Waals surface area contributed by atoms with Gasteiger partial charge in [0, 0.05) is 5.56 Å². The molecule has 0 fully saturated rings. The van der Waals surface area contributed by atoms with Crippen LogP contribution in [0.2, 0.25) is 0 Å². The number of ether oxygens (including phenoxy) is 2. The Morgan fingerprint density at radius 3 is 2.13 bits per heavy atom. The molecule has 120 valence electrons. The summed E-state index contributed by atoms with van der Waals surface area (Å²) in [4.78, 5) is 12.1. The summed E-state index contributed by atoms with van der Waals surface area (Å²) in [5.74, 6) is 0.561. The average molecular weight is 312 g/mol. The van der Waals surface area contributed by atoms with E-state index in [4.69, 9.17) is 9.47 Å². The van der Waals surface area contributed by atoms with Crippen LogP contribution in [0.3, 0.4) is 0 Å². The molecule has 0 aliphatic heterocycles. The maximum absolute atomic E-state index is 12.1. The molecule has 2 aromatic carbocycles. The van der Waals surface area contributed by atoms with Crippen molar-refractivity contribution in [3.05, 3.63) is 59.7 Å². The number of carbonyl (C=O) groups excluding carboxylic acids is 1. The summed E-state index contributed by atoms with van der Waals surface area (Å²) in [5.41, 5.74) is 1.34. The molecule has 0 amide bonds. The van der Waals surface area contributed by atoms with Gasteiger partial charge in [-0.3, -0.25) is 4.79 Å². The molecule has 4 nitrogen and oxygen atoms in total. The maximum atomic E-state index is 12.1. The van der Waals surface area contributed by atoms with Gasteiger partial charge in [0.15, 0.2) is 17.3 Å². The van der Waals surface area contributed by atoms with Crippen molar-refractivity contribution in [1.82, 2.24) is 0 Å². The fourth-order valence-corrected chi connectivity index (χ4v) is 2.10. The summed E-state index contributed by atoms with van der Waals surface area (Å²) in [6.07, 6.45) is 3.17. The highest BCUT2D eigenvalue weighted by atomic mass is 16.5. The molecule has 0 saturated heterocycles. The molecule has 0 radical (unpaired) electrons. The SMILES string of the molecule is CCOc1cc(C=CC(=O)c2ccccc2)cc(OCC)c1O. The van der Waals surface area contributed by atoms with Crippen molar-refractivity contribution in [3.63, 3.8) is 0 Å². The predicted octanol–water partition coefficient (Wildman–Crippen LogP) is 4.09. The largest absolute Gasteiger partial charge is 0.502 e. The highest BCUT2D eigenvalue weighted by molar-refractivity contribution is 6.06. The quantitative estimate of drug-likeness (QED) is 0.618. The van der Waals surface area contributed by atoms with E-state index in [9.17, 15) is 9.90 Å². The van der Waals surface area contributed by atoms with Gasteiger partial charge >= 0.3 is 0 Å². The molecular weight excluding hydrogens is 292 g/mol. The Balaban J connectivity index is 2.28. The fourth-order valence-electron chi connectivity index (χ4n) is 2.10. The van der Waals surface area contributed by atoms with E-state index in [1.807, 2.05) is 32.0 Å². The van der Waals surface area contributed by atoms with Crippen LogP contribution in [0, 0.1) is 0 Å². The molecule has 0 heterocycles. The van der Waals surface area contributed by atoms with Gasteiger partial charge in [-0.05, 0) is 37.6 Å². The molecule has 23 heavy (non-hydrogen) atoms. The Bertz CT molecular complexity index is 663. The fraction of sp³-hybridized carbons (Fsp3) is 0.211. The molecule has 0 aliphatic carbocycles.